The van der Waals surface area contributed by atoms with Crippen LogP contribution in [-0.4, -0.2) is 44.6 Å². The van der Waals surface area contributed by atoms with E-state index in [-0.39, 0.29) is 11.4 Å². The molecule has 1 amide bonds. The highest BCUT2D eigenvalue weighted by Crippen LogP contribution is 2.28. The Balaban J connectivity index is 1.40. The van der Waals surface area contributed by atoms with E-state index in [9.17, 15) is 14.0 Å². The number of hydrogen-bond acceptors (Lipinski definition) is 6. The fraction of sp³-hybridized carbons (Fsp3) is 0.136. The Morgan fingerprint density at radius 3 is 2.81 bits per heavy atom. The molecule has 0 aliphatic carbocycles. The number of amides is 1. The summed E-state index contributed by atoms with van der Waals surface area (Å²) in [6.07, 6.45) is 4.53. The van der Waals surface area contributed by atoms with Crippen molar-refractivity contribution in [1.29, 1.82) is 0 Å². The van der Waals surface area contributed by atoms with Crippen molar-refractivity contribution in [2.45, 2.75) is 6.42 Å². The predicted molar refractivity (Wildman–Crippen MR) is 116 cm³/mol. The third-order valence-corrected chi connectivity index (χ3v) is 5.43. The Labute approximate surface area is 181 Å². The van der Waals surface area contributed by atoms with Gasteiger partial charge in [-0.05, 0) is 29.8 Å². The highest BCUT2D eigenvalue weighted by atomic mass is 19.1. The summed E-state index contributed by atoms with van der Waals surface area (Å²) in [6.45, 7) is 0.678. The van der Waals surface area contributed by atoms with Crippen molar-refractivity contribution in [2.24, 2.45) is 0 Å². The van der Waals surface area contributed by atoms with Crippen molar-refractivity contribution >= 4 is 22.6 Å². The molecule has 0 atom stereocenters. The highest BCUT2D eigenvalue weighted by molar-refractivity contribution is 5.83. The summed E-state index contributed by atoms with van der Waals surface area (Å²) in [6, 6.07) is 12.1. The largest absolute Gasteiger partial charge is 0.464 e. The van der Waals surface area contributed by atoms with E-state index < -0.39 is 6.09 Å². The number of benzene rings is 2. The summed E-state index contributed by atoms with van der Waals surface area (Å²) in [7, 11) is 0. The topological polar surface area (TPSA) is 105 Å². The normalized spacial score (nSPS) is 15.2. The number of nitrogens with one attached hydrogen (secondary N) is 2. The molecule has 5 rings (SSSR count). The van der Waals surface area contributed by atoms with E-state index in [4.69, 9.17) is 5.11 Å². The summed E-state index contributed by atoms with van der Waals surface area (Å²) >= 11 is 0. The van der Waals surface area contributed by atoms with Crippen LogP contribution >= 0.6 is 0 Å². The zero-order chi connectivity index (χ0) is 22.2. The number of nitrogens with zero attached hydrogens (tertiary/aromatic N) is 4. The van der Waals surface area contributed by atoms with Gasteiger partial charge in [-0.3, -0.25) is 9.80 Å². The number of carbonyl (C=O) groups is 1. The van der Waals surface area contributed by atoms with Gasteiger partial charge in [0, 0.05) is 24.2 Å². The maximum atomic E-state index is 14.7. The first-order valence-corrected chi connectivity index (χ1v) is 9.90. The van der Waals surface area contributed by atoms with Crippen LogP contribution < -0.4 is 15.9 Å². The van der Waals surface area contributed by atoms with Gasteiger partial charge in [-0.25, -0.2) is 19.7 Å². The SMILES string of the molecule is O=C(O)NN1C=C2C=CN(c3cc(Cc4n[nH]c(=O)c5ccccc45)ccc3F)CN2C1. The first kappa shape index (κ1) is 19.6. The Hall–Kier alpha value is -4.34. The lowest BCUT2D eigenvalue weighted by molar-refractivity contribution is 0.149. The van der Waals surface area contributed by atoms with Crippen LogP contribution in [-0.2, 0) is 6.42 Å². The zero-order valence-electron chi connectivity index (χ0n) is 16.8. The number of carboxylic acid groups (broad SMARTS) is 1. The summed E-state index contributed by atoms with van der Waals surface area (Å²) in [5, 5.41) is 18.4. The molecule has 2 aromatic carbocycles. The number of fused-ring (bicyclic) bond motifs is 2. The van der Waals surface area contributed by atoms with E-state index in [1.165, 1.54) is 11.1 Å². The van der Waals surface area contributed by atoms with Gasteiger partial charge in [0.25, 0.3) is 5.56 Å². The number of aromatic nitrogens is 2. The Morgan fingerprint density at radius 2 is 2.00 bits per heavy atom. The van der Waals surface area contributed by atoms with Crippen LogP contribution in [0.2, 0.25) is 0 Å². The number of hydrogen-bond donors (Lipinski definition) is 3. The molecule has 10 heteroatoms. The molecule has 0 bridgehead atoms. The van der Waals surface area contributed by atoms with Gasteiger partial charge in [0.1, 0.15) is 12.5 Å². The molecule has 2 aliphatic heterocycles. The van der Waals surface area contributed by atoms with E-state index in [1.54, 1.807) is 47.6 Å². The molecule has 0 radical (unpaired) electrons. The van der Waals surface area contributed by atoms with Crippen LogP contribution in [0.15, 0.2) is 71.4 Å². The summed E-state index contributed by atoms with van der Waals surface area (Å²) in [5.41, 5.74) is 4.82. The average molecular weight is 434 g/mol. The average Bonchev–Trinajstić information content (AvgIpc) is 3.18. The fourth-order valence-corrected chi connectivity index (χ4v) is 3.95. The standard InChI is InChI=1S/C22H19FN6O3/c23-18-6-5-14(9-19-16-3-1-2-4-17(16)21(30)25-24-19)10-20(18)27-8-7-15-11-29(26-22(31)32)13-28(15)12-27/h1-8,10-11,26H,9,12-13H2,(H,25,30)(H,31,32). The second-order valence-corrected chi connectivity index (χ2v) is 7.56. The van der Waals surface area contributed by atoms with Crippen LogP contribution in [0, 0.1) is 5.82 Å². The second kappa shape index (κ2) is 7.73. The number of anilines is 1. The van der Waals surface area contributed by atoms with Gasteiger partial charge in [0.05, 0.1) is 29.1 Å². The third-order valence-electron chi connectivity index (χ3n) is 5.43. The zero-order valence-corrected chi connectivity index (χ0v) is 16.8. The second-order valence-electron chi connectivity index (χ2n) is 7.56. The quantitative estimate of drug-likeness (QED) is 0.580. The van der Waals surface area contributed by atoms with Gasteiger partial charge in [0.2, 0.25) is 0 Å². The van der Waals surface area contributed by atoms with Gasteiger partial charge < -0.3 is 14.9 Å². The molecular formula is C22H19FN6O3. The number of hydrazine groups is 1. The van der Waals surface area contributed by atoms with Crippen molar-refractivity contribution in [1.82, 2.24) is 25.5 Å². The van der Waals surface area contributed by atoms with Crippen molar-refractivity contribution in [2.75, 3.05) is 18.2 Å². The number of allylic oxidation sites excluding steroid dienone is 1. The number of halogens is 1. The molecular weight excluding hydrogens is 415 g/mol. The molecule has 2 aliphatic rings. The van der Waals surface area contributed by atoms with Crippen LogP contribution in [0.4, 0.5) is 14.9 Å². The minimum Gasteiger partial charge on any atom is -0.464 e. The molecule has 0 unspecified atom stereocenters. The molecule has 3 heterocycles. The van der Waals surface area contributed by atoms with E-state index in [2.05, 4.69) is 15.6 Å². The van der Waals surface area contributed by atoms with Crippen molar-refractivity contribution in [3.05, 3.63) is 94.1 Å². The molecule has 0 fully saturated rings. The van der Waals surface area contributed by atoms with Crippen LogP contribution in [0.5, 0.6) is 0 Å². The van der Waals surface area contributed by atoms with Crippen LogP contribution in [0.25, 0.3) is 10.8 Å². The Kier molecular flexibility index (Phi) is 4.74. The molecule has 0 saturated carbocycles. The van der Waals surface area contributed by atoms with E-state index >= 15 is 0 Å². The molecule has 3 N–H and O–H groups in total. The van der Waals surface area contributed by atoms with Crippen molar-refractivity contribution in [3.8, 4) is 0 Å². The van der Waals surface area contributed by atoms with Gasteiger partial charge in [0.15, 0.2) is 0 Å². The lowest BCUT2D eigenvalue weighted by Crippen LogP contribution is -2.43. The van der Waals surface area contributed by atoms with Crippen LogP contribution in [0.3, 0.4) is 0 Å². The van der Waals surface area contributed by atoms with Crippen molar-refractivity contribution < 1.29 is 14.3 Å². The lowest BCUT2D eigenvalue weighted by atomic mass is 10.0. The van der Waals surface area contributed by atoms with Gasteiger partial charge >= 0.3 is 6.09 Å². The molecule has 162 valence electrons. The molecule has 3 aromatic rings. The fourth-order valence-electron chi connectivity index (χ4n) is 3.95. The van der Waals surface area contributed by atoms with Gasteiger partial charge in [-0.2, -0.15) is 5.10 Å². The monoisotopic (exact) mass is 434 g/mol. The number of H-pyrrole nitrogens is 1. The first-order chi connectivity index (χ1) is 15.5. The molecule has 0 saturated heterocycles. The third kappa shape index (κ3) is 3.62. The number of aromatic amines is 1. The highest BCUT2D eigenvalue weighted by Gasteiger charge is 2.26. The Bertz CT molecular complexity index is 1330. The summed E-state index contributed by atoms with van der Waals surface area (Å²) < 4.78 is 14.7. The molecule has 32 heavy (non-hydrogen) atoms. The van der Waals surface area contributed by atoms with Gasteiger partial charge in [-0.1, -0.05) is 24.3 Å². The first-order valence-electron chi connectivity index (χ1n) is 9.90. The molecule has 1 aromatic heterocycles. The van der Waals surface area contributed by atoms with E-state index in [1.807, 2.05) is 17.0 Å². The number of rotatable bonds is 4. The van der Waals surface area contributed by atoms with Crippen molar-refractivity contribution in [3.63, 3.8) is 0 Å². The lowest BCUT2D eigenvalue weighted by Gasteiger charge is -2.33. The smallest absolute Gasteiger partial charge is 0.423 e. The van der Waals surface area contributed by atoms with Crippen LogP contribution in [0.1, 0.15) is 11.3 Å². The molecule has 9 nitrogen and oxygen atoms in total. The maximum absolute atomic E-state index is 14.7. The van der Waals surface area contributed by atoms with E-state index in [0.717, 1.165) is 16.6 Å². The molecule has 0 spiro atoms. The minimum atomic E-state index is -1.15. The maximum Gasteiger partial charge on any atom is 0.423 e. The van der Waals surface area contributed by atoms with E-state index in [0.29, 0.717) is 36.5 Å². The minimum absolute atomic E-state index is 0.247. The summed E-state index contributed by atoms with van der Waals surface area (Å²) in [4.78, 5) is 26.6. The Morgan fingerprint density at radius 1 is 1.19 bits per heavy atom. The predicted octanol–water partition coefficient (Wildman–Crippen LogP) is 2.54. The van der Waals surface area contributed by atoms with Gasteiger partial charge in [-0.15, -0.1) is 0 Å². The summed E-state index contributed by atoms with van der Waals surface area (Å²) in [5.74, 6) is -0.371.